The third-order valence-corrected chi connectivity index (χ3v) is 3.28. The Morgan fingerprint density at radius 1 is 1.26 bits per heavy atom. The van der Waals surface area contributed by atoms with E-state index in [0.717, 1.165) is 31.1 Å². The fourth-order valence-corrected chi connectivity index (χ4v) is 2.36. The molecule has 0 aliphatic heterocycles. The predicted molar refractivity (Wildman–Crippen MR) is 86.2 cm³/mol. The summed E-state index contributed by atoms with van der Waals surface area (Å²) < 4.78 is 0. The fourth-order valence-electron chi connectivity index (χ4n) is 2.12. The van der Waals surface area contributed by atoms with Crippen LogP contribution in [0.15, 0.2) is 18.2 Å². The van der Waals surface area contributed by atoms with Crippen LogP contribution in [0, 0.1) is 5.41 Å². The van der Waals surface area contributed by atoms with E-state index in [1.165, 1.54) is 11.3 Å². The topological polar surface area (TPSA) is 15.3 Å². The van der Waals surface area contributed by atoms with Crippen LogP contribution in [0.25, 0.3) is 0 Å². The summed E-state index contributed by atoms with van der Waals surface area (Å²) in [7, 11) is 2.12. The Morgan fingerprint density at radius 3 is 2.47 bits per heavy atom. The predicted octanol–water partition coefficient (Wildman–Crippen LogP) is 4.32. The van der Waals surface area contributed by atoms with E-state index in [1.54, 1.807) is 0 Å². The largest absolute Gasteiger partial charge is 0.374 e. The minimum atomic E-state index is 0.280. The maximum atomic E-state index is 6.36. The molecule has 0 spiro atoms. The van der Waals surface area contributed by atoms with Crippen LogP contribution in [0.5, 0.6) is 0 Å². The Bertz CT molecular complexity index is 396. The minimum absolute atomic E-state index is 0.280. The Labute approximate surface area is 123 Å². The molecule has 0 aliphatic carbocycles. The van der Waals surface area contributed by atoms with Gasteiger partial charge in [0.05, 0.1) is 0 Å². The van der Waals surface area contributed by atoms with Gasteiger partial charge in [0.2, 0.25) is 0 Å². The summed E-state index contributed by atoms with van der Waals surface area (Å²) in [6, 6.07) is 6.34. The summed E-state index contributed by atoms with van der Waals surface area (Å²) in [4.78, 5) is 2.26. The van der Waals surface area contributed by atoms with Gasteiger partial charge < -0.3 is 10.2 Å². The molecule has 0 fully saturated rings. The highest BCUT2D eigenvalue weighted by Crippen LogP contribution is 2.25. The first-order chi connectivity index (χ1) is 8.83. The van der Waals surface area contributed by atoms with Gasteiger partial charge in [0, 0.05) is 30.8 Å². The Balaban J connectivity index is 2.70. The van der Waals surface area contributed by atoms with Crippen molar-refractivity contribution in [2.75, 3.05) is 25.0 Å². The van der Waals surface area contributed by atoms with Crippen molar-refractivity contribution in [1.82, 2.24) is 5.32 Å². The van der Waals surface area contributed by atoms with E-state index in [2.05, 4.69) is 63.2 Å². The van der Waals surface area contributed by atoms with E-state index in [0.29, 0.717) is 0 Å². The van der Waals surface area contributed by atoms with Gasteiger partial charge in [0.25, 0.3) is 0 Å². The summed E-state index contributed by atoms with van der Waals surface area (Å²) in [5, 5.41) is 4.23. The van der Waals surface area contributed by atoms with Crippen molar-refractivity contribution in [2.45, 2.75) is 40.7 Å². The van der Waals surface area contributed by atoms with E-state index in [4.69, 9.17) is 11.6 Å². The zero-order chi connectivity index (χ0) is 14.5. The van der Waals surface area contributed by atoms with Gasteiger partial charge >= 0.3 is 0 Å². The lowest BCUT2D eigenvalue weighted by Crippen LogP contribution is -2.29. The number of benzene rings is 1. The highest BCUT2D eigenvalue weighted by atomic mass is 35.5. The first-order valence-electron chi connectivity index (χ1n) is 7.04. The summed E-state index contributed by atoms with van der Waals surface area (Å²) in [6.45, 7) is 11.8. The molecule has 0 amide bonds. The van der Waals surface area contributed by atoms with Crippen molar-refractivity contribution < 1.29 is 0 Å². The van der Waals surface area contributed by atoms with E-state index in [-0.39, 0.29) is 5.41 Å². The maximum Gasteiger partial charge on any atom is 0.0471 e. The molecule has 2 nitrogen and oxygen atoms in total. The molecule has 0 radical (unpaired) electrons. The van der Waals surface area contributed by atoms with Gasteiger partial charge in [-0.25, -0.2) is 0 Å². The van der Waals surface area contributed by atoms with Crippen molar-refractivity contribution in [2.24, 2.45) is 5.41 Å². The quantitative estimate of drug-likeness (QED) is 0.782. The second-order valence-corrected chi connectivity index (χ2v) is 6.78. The minimum Gasteiger partial charge on any atom is -0.374 e. The first-order valence-corrected chi connectivity index (χ1v) is 7.41. The van der Waals surface area contributed by atoms with Crippen molar-refractivity contribution in [3.05, 3.63) is 28.8 Å². The van der Waals surface area contributed by atoms with Gasteiger partial charge in [-0.1, -0.05) is 45.4 Å². The summed E-state index contributed by atoms with van der Waals surface area (Å²) in [5.74, 6) is 0. The Morgan fingerprint density at radius 2 is 1.95 bits per heavy atom. The summed E-state index contributed by atoms with van der Waals surface area (Å²) in [6.07, 6.45) is 1.14. The number of anilines is 1. The Hall–Kier alpha value is -0.730. The third-order valence-electron chi connectivity index (χ3n) is 2.93. The molecule has 0 aromatic heterocycles. The second-order valence-electron chi connectivity index (χ2n) is 6.37. The number of halogens is 1. The monoisotopic (exact) mass is 282 g/mol. The number of hydrogen-bond donors (Lipinski definition) is 1. The zero-order valence-corrected chi connectivity index (χ0v) is 13.6. The van der Waals surface area contributed by atoms with Gasteiger partial charge in [0.1, 0.15) is 0 Å². The molecule has 0 atom stereocenters. The van der Waals surface area contributed by atoms with Gasteiger partial charge in [-0.05, 0) is 36.1 Å². The highest BCUT2D eigenvalue weighted by Gasteiger charge is 2.14. The molecule has 108 valence electrons. The molecule has 1 N–H and O–H groups in total. The van der Waals surface area contributed by atoms with E-state index in [9.17, 15) is 0 Å². The standard InChI is InChI=1S/C16H27ClN2/c1-6-9-18-11-13-7-8-14(10-15(13)17)19(5)12-16(2,3)4/h7-8,10,18H,6,9,11-12H2,1-5H3. The molecular formula is C16H27ClN2. The number of nitrogens with zero attached hydrogens (tertiary/aromatic N) is 1. The van der Waals surface area contributed by atoms with E-state index < -0.39 is 0 Å². The molecule has 0 heterocycles. The second kappa shape index (κ2) is 7.16. The van der Waals surface area contributed by atoms with Crippen LogP contribution in [0.1, 0.15) is 39.7 Å². The number of hydrogen-bond acceptors (Lipinski definition) is 2. The van der Waals surface area contributed by atoms with Crippen LogP contribution in [-0.2, 0) is 6.54 Å². The number of rotatable bonds is 6. The third kappa shape index (κ3) is 5.84. The highest BCUT2D eigenvalue weighted by molar-refractivity contribution is 6.31. The van der Waals surface area contributed by atoms with Gasteiger partial charge in [0.15, 0.2) is 0 Å². The molecule has 1 aromatic carbocycles. The zero-order valence-electron chi connectivity index (χ0n) is 12.9. The smallest absolute Gasteiger partial charge is 0.0471 e. The molecule has 0 saturated carbocycles. The molecule has 3 heteroatoms. The fraction of sp³-hybridized carbons (Fsp3) is 0.625. The van der Waals surface area contributed by atoms with E-state index >= 15 is 0 Å². The lowest BCUT2D eigenvalue weighted by atomic mass is 9.96. The van der Waals surface area contributed by atoms with Crippen LogP contribution in [0.4, 0.5) is 5.69 Å². The molecule has 0 aliphatic rings. The van der Waals surface area contributed by atoms with E-state index in [1.807, 2.05) is 0 Å². The van der Waals surface area contributed by atoms with Gasteiger partial charge in [-0.2, -0.15) is 0 Å². The maximum absolute atomic E-state index is 6.36. The first kappa shape index (κ1) is 16.3. The van der Waals surface area contributed by atoms with Crippen molar-refractivity contribution in [1.29, 1.82) is 0 Å². The lowest BCUT2D eigenvalue weighted by molar-refractivity contribution is 0.419. The summed E-state index contributed by atoms with van der Waals surface area (Å²) >= 11 is 6.36. The lowest BCUT2D eigenvalue weighted by Gasteiger charge is -2.28. The molecule has 19 heavy (non-hydrogen) atoms. The van der Waals surface area contributed by atoms with Crippen LogP contribution in [-0.4, -0.2) is 20.1 Å². The molecular weight excluding hydrogens is 256 g/mol. The van der Waals surface area contributed by atoms with Crippen LogP contribution < -0.4 is 10.2 Å². The molecule has 1 aromatic rings. The van der Waals surface area contributed by atoms with Gasteiger partial charge in [-0.15, -0.1) is 0 Å². The van der Waals surface area contributed by atoms with Crippen molar-refractivity contribution in [3.8, 4) is 0 Å². The molecule has 0 bridgehead atoms. The molecule has 0 saturated heterocycles. The van der Waals surface area contributed by atoms with Crippen LogP contribution in [0.3, 0.4) is 0 Å². The van der Waals surface area contributed by atoms with Crippen LogP contribution in [0.2, 0.25) is 5.02 Å². The van der Waals surface area contributed by atoms with Crippen molar-refractivity contribution >= 4 is 17.3 Å². The SMILES string of the molecule is CCCNCc1ccc(N(C)CC(C)(C)C)cc1Cl. The summed E-state index contributed by atoms with van der Waals surface area (Å²) in [5.41, 5.74) is 2.63. The normalized spacial score (nSPS) is 11.7. The van der Waals surface area contributed by atoms with Gasteiger partial charge in [-0.3, -0.25) is 0 Å². The molecule has 1 rings (SSSR count). The number of nitrogens with one attached hydrogen (secondary N) is 1. The van der Waals surface area contributed by atoms with Crippen LogP contribution >= 0.6 is 11.6 Å². The average molecular weight is 283 g/mol. The Kier molecular flexibility index (Phi) is 6.15. The van der Waals surface area contributed by atoms with Crippen molar-refractivity contribution in [3.63, 3.8) is 0 Å². The molecule has 0 unspecified atom stereocenters. The average Bonchev–Trinajstić information content (AvgIpc) is 2.29.